The number of carbonyl (C=O) groups excluding carboxylic acids is 3. The van der Waals surface area contributed by atoms with Crippen molar-refractivity contribution in [2.45, 2.75) is 19.0 Å². The second-order valence-corrected chi connectivity index (χ2v) is 8.13. The molecule has 8 nitrogen and oxygen atoms in total. The average molecular weight is 465 g/mol. The van der Waals surface area contributed by atoms with Crippen LogP contribution in [0.5, 0.6) is 5.75 Å². The second kappa shape index (κ2) is 9.13. The predicted molar refractivity (Wildman–Crippen MR) is 117 cm³/mol. The van der Waals surface area contributed by atoms with Crippen LogP contribution in [0.15, 0.2) is 42.5 Å². The van der Waals surface area contributed by atoms with Crippen LogP contribution < -0.4 is 15.5 Å². The highest BCUT2D eigenvalue weighted by Crippen LogP contribution is 2.29. The zero-order chi connectivity index (χ0) is 22.8. The van der Waals surface area contributed by atoms with Crippen LogP contribution >= 0.6 is 23.2 Å². The summed E-state index contributed by atoms with van der Waals surface area (Å²) < 4.78 is 5.12. The lowest BCUT2D eigenvalue weighted by Crippen LogP contribution is -2.50. The summed E-state index contributed by atoms with van der Waals surface area (Å²) >= 11 is 12.2. The van der Waals surface area contributed by atoms with E-state index in [0.29, 0.717) is 32.9 Å². The van der Waals surface area contributed by atoms with Crippen LogP contribution in [0.4, 0.5) is 4.79 Å². The molecule has 2 aromatic carbocycles. The van der Waals surface area contributed by atoms with Gasteiger partial charge in [0.2, 0.25) is 0 Å². The fourth-order valence-electron chi connectivity index (χ4n) is 3.28. The van der Waals surface area contributed by atoms with Gasteiger partial charge in [-0.3, -0.25) is 19.9 Å². The molecule has 31 heavy (non-hydrogen) atoms. The molecule has 1 aliphatic rings. The fraction of sp³-hybridized carbons (Fsp3) is 0.286. The van der Waals surface area contributed by atoms with Gasteiger partial charge in [0.15, 0.2) is 0 Å². The van der Waals surface area contributed by atoms with Crippen LogP contribution in [0.25, 0.3) is 0 Å². The average Bonchev–Trinajstić information content (AvgIpc) is 2.95. The largest absolute Gasteiger partial charge is 0.497 e. The minimum Gasteiger partial charge on any atom is -0.497 e. The summed E-state index contributed by atoms with van der Waals surface area (Å²) in [6.07, 6.45) is 0. The molecule has 0 spiro atoms. The maximum absolute atomic E-state index is 12.9. The van der Waals surface area contributed by atoms with Crippen LogP contribution in [0.2, 0.25) is 10.0 Å². The second-order valence-electron chi connectivity index (χ2n) is 7.34. The quantitative estimate of drug-likeness (QED) is 0.614. The molecule has 1 heterocycles. The first-order chi connectivity index (χ1) is 14.7. The molecule has 3 rings (SSSR count). The van der Waals surface area contributed by atoms with E-state index in [-0.39, 0.29) is 6.54 Å². The number of hydrazine groups is 1. The van der Waals surface area contributed by atoms with E-state index in [1.165, 1.54) is 7.11 Å². The van der Waals surface area contributed by atoms with Gasteiger partial charge in [-0.15, -0.1) is 0 Å². The third-order valence-electron chi connectivity index (χ3n) is 4.98. The third kappa shape index (κ3) is 4.76. The third-order valence-corrected chi connectivity index (χ3v) is 5.84. The van der Waals surface area contributed by atoms with E-state index in [9.17, 15) is 14.4 Å². The van der Waals surface area contributed by atoms with Crippen molar-refractivity contribution in [3.05, 3.63) is 63.6 Å². The van der Waals surface area contributed by atoms with Gasteiger partial charge in [0.05, 0.1) is 23.7 Å². The van der Waals surface area contributed by atoms with E-state index in [4.69, 9.17) is 27.9 Å². The lowest BCUT2D eigenvalue weighted by atomic mass is 9.92. The van der Waals surface area contributed by atoms with Crippen molar-refractivity contribution in [3.8, 4) is 5.75 Å². The maximum atomic E-state index is 12.9. The molecule has 0 saturated carbocycles. The number of imide groups is 1. The Bertz CT molecular complexity index is 1010. The number of methoxy groups -OCH3 is 1. The fourth-order valence-corrected chi connectivity index (χ4v) is 3.66. The van der Waals surface area contributed by atoms with E-state index in [1.54, 1.807) is 61.3 Å². The lowest BCUT2D eigenvalue weighted by Gasteiger charge is -2.23. The summed E-state index contributed by atoms with van der Waals surface area (Å²) in [4.78, 5) is 39.5. The summed E-state index contributed by atoms with van der Waals surface area (Å²) in [5, 5.41) is 4.18. The lowest BCUT2D eigenvalue weighted by molar-refractivity contribution is -0.139. The summed E-state index contributed by atoms with van der Waals surface area (Å²) in [6, 6.07) is 11.3. The molecule has 2 aromatic rings. The van der Waals surface area contributed by atoms with Gasteiger partial charge in [0, 0.05) is 6.54 Å². The van der Waals surface area contributed by atoms with Crippen LogP contribution in [0, 0.1) is 0 Å². The highest BCUT2D eigenvalue weighted by molar-refractivity contribution is 6.42. The Morgan fingerprint density at radius 3 is 2.52 bits per heavy atom. The highest BCUT2D eigenvalue weighted by atomic mass is 35.5. The van der Waals surface area contributed by atoms with E-state index in [1.807, 2.05) is 0 Å². The number of nitrogens with one attached hydrogen (secondary N) is 2. The number of amides is 4. The molecule has 0 bridgehead atoms. The topological polar surface area (TPSA) is 91.0 Å². The molecule has 0 radical (unpaired) electrons. The summed E-state index contributed by atoms with van der Waals surface area (Å²) in [5.41, 5.74) is 2.39. The summed E-state index contributed by atoms with van der Waals surface area (Å²) in [5.74, 6) is -0.489. The van der Waals surface area contributed by atoms with Gasteiger partial charge < -0.3 is 10.1 Å². The van der Waals surface area contributed by atoms with Crippen LogP contribution in [-0.2, 0) is 21.7 Å². The maximum Gasteiger partial charge on any atom is 0.344 e. The van der Waals surface area contributed by atoms with Gasteiger partial charge >= 0.3 is 6.03 Å². The van der Waals surface area contributed by atoms with Crippen molar-refractivity contribution >= 4 is 41.0 Å². The zero-order valence-electron chi connectivity index (χ0n) is 17.2. The minimum atomic E-state index is -1.31. The van der Waals surface area contributed by atoms with Crippen molar-refractivity contribution < 1.29 is 19.1 Å². The van der Waals surface area contributed by atoms with Crippen molar-refractivity contribution in [1.29, 1.82) is 0 Å². The van der Waals surface area contributed by atoms with E-state index in [0.717, 1.165) is 5.56 Å². The van der Waals surface area contributed by atoms with Gasteiger partial charge in [-0.2, -0.15) is 5.01 Å². The number of benzene rings is 2. The molecule has 0 aliphatic carbocycles. The van der Waals surface area contributed by atoms with Gasteiger partial charge in [-0.25, -0.2) is 4.79 Å². The molecule has 1 saturated heterocycles. The Morgan fingerprint density at radius 2 is 1.87 bits per heavy atom. The van der Waals surface area contributed by atoms with Crippen molar-refractivity contribution in [2.75, 3.05) is 20.7 Å². The number of urea groups is 1. The first-order valence-electron chi connectivity index (χ1n) is 9.38. The van der Waals surface area contributed by atoms with Crippen LogP contribution in [0.3, 0.4) is 0 Å². The molecule has 2 N–H and O–H groups in total. The Morgan fingerprint density at radius 1 is 1.19 bits per heavy atom. The molecule has 4 amide bonds. The number of halogens is 2. The number of carbonyl (C=O) groups is 3. The molecule has 1 aliphatic heterocycles. The highest BCUT2D eigenvalue weighted by Gasteiger charge is 2.50. The normalized spacial score (nSPS) is 18.3. The van der Waals surface area contributed by atoms with Crippen molar-refractivity contribution in [1.82, 2.24) is 20.7 Å². The van der Waals surface area contributed by atoms with Crippen LogP contribution in [-0.4, -0.2) is 48.5 Å². The number of hydrogen-bond acceptors (Lipinski definition) is 5. The van der Waals surface area contributed by atoms with Gasteiger partial charge in [0.25, 0.3) is 11.8 Å². The minimum absolute atomic E-state index is 0.0703. The number of ether oxygens (including phenoxy) is 1. The summed E-state index contributed by atoms with van der Waals surface area (Å²) in [6.45, 7) is 1.87. The van der Waals surface area contributed by atoms with Gasteiger partial charge in [-0.1, -0.05) is 47.5 Å². The van der Waals surface area contributed by atoms with E-state index < -0.39 is 23.4 Å². The smallest absolute Gasteiger partial charge is 0.344 e. The Labute approximate surface area is 190 Å². The molecule has 1 fully saturated rings. The summed E-state index contributed by atoms with van der Waals surface area (Å²) in [7, 11) is 3.25. The first-order valence-corrected chi connectivity index (χ1v) is 10.1. The Hall–Kier alpha value is -2.81. The molecule has 10 heteroatoms. The Kier molecular flexibility index (Phi) is 6.74. The predicted octanol–water partition coefficient (Wildman–Crippen LogP) is 2.93. The standard InChI is InChI=1S/C21H22Cl2N4O4/c1-21(14-7-9-15(31-3)10-8-14)19(29)27(20(30)24-21)25-17(28)12-26(2)11-13-5-4-6-16(22)18(13)23/h4-10H,11-12H2,1-3H3,(H,24,30)(H,25,28). The SMILES string of the molecule is COc1ccc(C2(C)NC(=O)N(NC(=O)CN(C)Cc3cccc(Cl)c3Cl)C2=O)cc1. The van der Waals surface area contributed by atoms with E-state index >= 15 is 0 Å². The molecular formula is C21H22Cl2N4O4. The van der Waals surface area contributed by atoms with Gasteiger partial charge in [0.1, 0.15) is 11.3 Å². The molecular weight excluding hydrogens is 443 g/mol. The van der Waals surface area contributed by atoms with Crippen LogP contribution in [0.1, 0.15) is 18.1 Å². The molecule has 1 unspecified atom stereocenters. The van der Waals surface area contributed by atoms with Crippen molar-refractivity contribution in [3.63, 3.8) is 0 Å². The number of rotatable bonds is 7. The first kappa shape index (κ1) is 22.9. The Balaban J connectivity index is 1.65. The van der Waals surface area contributed by atoms with E-state index in [2.05, 4.69) is 10.7 Å². The molecule has 0 aromatic heterocycles. The molecule has 164 valence electrons. The number of nitrogens with zero attached hydrogens (tertiary/aromatic N) is 2. The number of hydrogen-bond donors (Lipinski definition) is 2. The molecule has 1 atom stereocenters. The van der Waals surface area contributed by atoms with Gasteiger partial charge in [-0.05, 0) is 43.3 Å². The van der Waals surface area contributed by atoms with Crippen molar-refractivity contribution in [2.24, 2.45) is 0 Å². The monoisotopic (exact) mass is 464 g/mol. The zero-order valence-corrected chi connectivity index (χ0v) is 18.8. The number of likely N-dealkylation sites (N-methyl/N-ethyl adjacent to an activating group) is 1.